The lowest BCUT2D eigenvalue weighted by atomic mass is 9.63. The lowest BCUT2D eigenvalue weighted by molar-refractivity contribution is -0.155. The quantitative estimate of drug-likeness (QED) is 0.370. The molecular weight excluding hydrogens is 360 g/mol. The molecule has 3 saturated carbocycles. The molecule has 0 radical (unpaired) electrons. The van der Waals surface area contributed by atoms with Crippen LogP contribution in [0.5, 0.6) is 0 Å². The zero-order valence-electron chi connectivity index (χ0n) is 18.1. The van der Waals surface area contributed by atoms with Crippen molar-refractivity contribution >= 4 is 11.8 Å². The number of ether oxygens (including phenoxy) is 1. The van der Waals surface area contributed by atoms with Gasteiger partial charge in [-0.2, -0.15) is 0 Å². The maximum absolute atomic E-state index is 13.0. The van der Waals surface area contributed by atoms with Crippen LogP contribution < -0.4 is 0 Å². The Morgan fingerprint density at radius 3 is 2.48 bits per heavy atom. The van der Waals surface area contributed by atoms with Gasteiger partial charge in [-0.25, -0.2) is 0 Å². The summed E-state index contributed by atoms with van der Waals surface area (Å²) in [6, 6.07) is 10.1. The summed E-state index contributed by atoms with van der Waals surface area (Å²) in [6.45, 7) is 6.60. The van der Waals surface area contributed by atoms with Gasteiger partial charge < -0.3 is 4.74 Å². The van der Waals surface area contributed by atoms with Crippen molar-refractivity contribution in [3.8, 4) is 0 Å². The topological polar surface area (TPSA) is 43.4 Å². The zero-order valence-corrected chi connectivity index (χ0v) is 18.1. The highest BCUT2D eigenvalue weighted by Gasteiger charge is 2.63. The number of ketones is 1. The van der Waals surface area contributed by atoms with E-state index in [1.54, 1.807) is 0 Å². The minimum atomic E-state index is -0.446. The first-order chi connectivity index (χ1) is 13.9. The van der Waals surface area contributed by atoms with Crippen molar-refractivity contribution in [3.05, 3.63) is 59.2 Å². The molecule has 3 fully saturated rings. The Balaban J connectivity index is 1.50. The molecule has 0 heterocycles. The van der Waals surface area contributed by atoms with E-state index in [-0.39, 0.29) is 17.7 Å². The average molecular weight is 395 g/mol. The molecule has 3 aliphatic rings. The standard InChI is InChI=1S/C26H34O3/c1-19(2)8-7-9-20(3)14-15-29-25(28)23-16-22-17-26(23,18-22)24(27)13-12-21-10-5-4-6-11-21/h4-6,8,10-11,14,22-23H,7,9,12-13,15-18H2,1-3H3/b20-14-. The highest BCUT2D eigenvalue weighted by atomic mass is 16.5. The van der Waals surface area contributed by atoms with Gasteiger partial charge in [0.15, 0.2) is 0 Å². The molecule has 0 N–H and O–H groups in total. The van der Waals surface area contributed by atoms with Gasteiger partial charge in [-0.3, -0.25) is 9.59 Å². The summed E-state index contributed by atoms with van der Waals surface area (Å²) < 4.78 is 5.58. The summed E-state index contributed by atoms with van der Waals surface area (Å²) in [4.78, 5) is 25.8. The third-order valence-electron chi connectivity index (χ3n) is 6.61. The van der Waals surface area contributed by atoms with Gasteiger partial charge in [-0.1, -0.05) is 47.6 Å². The summed E-state index contributed by atoms with van der Waals surface area (Å²) in [5, 5.41) is 0. The number of Topliss-reactive ketones (excluding diaryl/α,β-unsaturated/α-hetero) is 1. The lowest BCUT2D eigenvalue weighted by Gasteiger charge is -2.39. The van der Waals surface area contributed by atoms with Crippen molar-refractivity contribution in [2.24, 2.45) is 17.3 Å². The van der Waals surface area contributed by atoms with Crippen molar-refractivity contribution < 1.29 is 14.3 Å². The molecule has 156 valence electrons. The summed E-state index contributed by atoms with van der Waals surface area (Å²) in [5.74, 6) is 0.363. The highest BCUT2D eigenvalue weighted by Crippen LogP contribution is 2.63. The Morgan fingerprint density at radius 1 is 1.07 bits per heavy atom. The van der Waals surface area contributed by atoms with E-state index < -0.39 is 5.41 Å². The number of aryl methyl sites for hydroxylation is 1. The van der Waals surface area contributed by atoms with Crippen LogP contribution in [0.1, 0.15) is 64.9 Å². The highest BCUT2D eigenvalue weighted by molar-refractivity contribution is 5.92. The number of allylic oxidation sites excluding steroid dienone is 3. The van der Waals surface area contributed by atoms with Crippen LogP contribution in [0, 0.1) is 17.3 Å². The fraction of sp³-hybridized carbons (Fsp3) is 0.538. The van der Waals surface area contributed by atoms with Crippen LogP contribution in [0.15, 0.2) is 53.6 Å². The first-order valence-corrected chi connectivity index (χ1v) is 10.9. The number of hydrogen-bond donors (Lipinski definition) is 0. The zero-order chi connectivity index (χ0) is 20.9. The van der Waals surface area contributed by atoms with E-state index in [0.717, 1.165) is 38.5 Å². The number of esters is 1. The van der Waals surface area contributed by atoms with E-state index in [1.165, 1.54) is 16.7 Å². The largest absolute Gasteiger partial charge is 0.461 e. The second-order valence-electron chi connectivity index (χ2n) is 9.13. The van der Waals surface area contributed by atoms with Crippen LogP contribution >= 0.6 is 0 Å². The monoisotopic (exact) mass is 394 g/mol. The summed E-state index contributed by atoms with van der Waals surface area (Å²) >= 11 is 0. The van der Waals surface area contributed by atoms with Gasteiger partial charge in [-0.15, -0.1) is 0 Å². The molecule has 1 unspecified atom stereocenters. The third-order valence-corrected chi connectivity index (χ3v) is 6.61. The van der Waals surface area contributed by atoms with Gasteiger partial charge in [0.25, 0.3) is 0 Å². The predicted molar refractivity (Wildman–Crippen MR) is 116 cm³/mol. The van der Waals surface area contributed by atoms with Crippen molar-refractivity contribution in [2.45, 2.75) is 65.7 Å². The normalized spacial score (nSPS) is 25.3. The van der Waals surface area contributed by atoms with Gasteiger partial charge in [-0.05, 0) is 76.9 Å². The second kappa shape index (κ2) is 9.56. The summed E-state index contributed by atoms with van der Waals surface area (Å²) in [5.41, 5.74) is 3.30. The molecule has 0 aliphatic heterocycles. The molecule has 3 aliphatic carbocycles. The lowest BCUT2D eigenvalue weighted by Crippen LogP contribution is -2.43. The molecule has 29 heavy (non-hydrogen) atoms. The molecule has 1 atom stereocenters. The average Bonchev–Trinajstić information content (AvgIpc) is 3.23. The number of fused-ring (bicyclic) bond motifs is 1. The molecule has 1 aromatic rings. The molecule has 0 spiro atoms. The smallest absolute Gasteiger partial charge is 0.310 e. The van der Waals surface area contributed by atoms with Crippen LogP contribution in [-0.2, 0) is 20.7 Å². The Morgan fingerprint density at radius 2 is 1.79 bits per heavy atom. The van der Waals surface area contributed by atoms with Gasteiger partial charge >= 0.3 is 5.97 Å². The van der Waals surface area contributed by atoms with E-state index >= 15 is 0 Å². The van der Waals surface area contributed by atoms with Crippen molar-refractivity contribution in [2.75, 3.05) is 6.61 Å². The van der Waals surface area contributed by atoms with Crippen molar-refractivity contribution in [1.29, 1.82) is 0 Å². The van der Waals surface area contributed by atoms with Crippen LogP contribution in [-0.4, -0.2) is 18.4 Å². The van der Waals surface area contributed by atoms with Crippen LogP contribution in [0.3, 0.4) is 0 Å². The SMILES string of the molecule is CC(C)=CCC/C(C)=C\COC(=O)C1CC2CC1(C(=O)CCc1ccccc1)C2. The van der Waals surface area contributed by atoms with Gasteiger partial charge in [0.2, 0.25) is 0 Å². The molecule has 3 heteroatoms. The molecule has 2 bridgehead atoms. The van der Waals surface area contributed by atoms with E-state index in [1.807, 2.05) is 24.3 Å². The van der Waals surface area contributed by atoms with E-state index in [2.05, 4.69) is 39.0 Å². The minimum Gasteiger partial charge on any atom is -0.461 e. The fourth-order valence-corrected chi connectivity index (χ4v) is 4.93. The molecule has 4 rings (SSSR count). The molecule has 0 aromatic heterocycles. The molecule has 3 nitrogen and oxygen atoms in total. The van der Waals surface area contributed by atoms with E-state index in [0.29, 0.717) is 18.9 Å². The molecular formula is C26H34O3. The van der Waals surface area contributed by atoms with Crippen molar-refractivity contribution in [1.82, 2.24) is 0 Å². The van der Waals surface area contributed by atoms with E-state index in [4.69, 9.17) is 4.74 Å². The molecule has 0 saturated heterocycles. The fourth-order valence-electron chi connectivity index (χ4n) is 4.93. The Labute approximate surface area is 175 Å². The Hall–Kier alpha value is -2.16. The number of rotatable bonds is 10. The number of benzene rings is 1. The number of carbonyl (C=O) groups excluding carboxylic acids is 2. The van der Waals surface area contributed by atoms with Crippen LogP contribution in [0.4, 0.5) is 0 Å². The van der Waals surface area contributed by atoms with Gasteiger partial charge in [0, 0.05) is 11.8 Å². The predicted octanol–water partition coefficient (Wildman–Crippen LogP) is 5.84. The number of hydrogen-bond acceptors (Lipinski definition) is 3. The Kier molecular flexibility index (Phi) is 7.10. The van der Waals surface area contributed by atoms with Gasteiger partial charge in [0.1, 0.15) is 12.4 Å². The maximum atomic E-state index is 13.0. The summed E-state index contributed by atoms with van der Waals surface area (Å²) in [7, 11) is 0. The van der Waals surface area contributed by atoms with E-state index in [9.17, 15) is 9.59 Å². The Bertz CT molecular complexity index is 777. The van der Waals surface area contributed by atoms with Crippen molar-refractivity contribution in [3.63, 3.8) is 0 Å². The first-order valence-electron chi connectivity index (χ1n) is 10.9. The van der Waals surface area contributed by atoms with Gasteiger partial charge in [0.05, 0.1) is 5.92 Å². The first kappa shape index (κ1) is 21.5. The van der Waals surface area contributed by atoms with Crippen LogP contribution in [0.2, 0.25) is 0 Å². The molecule has 0 amide bonds. The molecule has 1 aromatic carbocycles. The maximum Gasteiger partial charge on any atom is 0.310 e. The third kappa shape index (κ3) is 5.26. The van der Waals surface area contributed by atoms with Crippen LogP contribution in [0.25, 0.3) is 0 Å². The number of carbonyl (C=O) groups is 2. The second-order valence-corrected chi connectivity index (χ2v) is 9.13. The summed E-state index contributed by atoms with van der Waals surface area (Å²) in [6.07, 6.45) is 10.1. The minimum absolute atomic E-state index is 0.175.